The van der Waals surface area contributed by atoms with Gasteiger partial charge in [0, 0.05) is 29.9 Å². The minimum absolute atomic E-state index is 0.00449. The Bertz CT molecular complexity index is 1440. The lowest BCUT2D eigenvalue weighted by Gasteiger charge is -2.24. The zero-order valence-corrected chi connectivity index (χ0v) is 16.5. The summed E-state index contributed by atoms with van der Waals surface area (Å²) < 4.78 is 1.17. The number of ketones is 1. The molecule has 1 aromatic carbocycles. The molecule has 8 nitrogen and oxygen atoms in total. The van der Waals surface area contributed by atoms with Crippen LogP contribution in [0, 0.1) is 13.8 Å². The molecular weight excluding hydrogens is 382 g/mol. The van der Waals surface area contributed by atoms with Crippen molar-refractivity contribution in [1.29, 1.82) is 0 Å². The summed E-state index contributed by atoms with van der Waals surface area (Å²) >= 11 is 0. The highest BCUT2D eigenvalue weighted by molar-refractivity contribution is 6.02. The quantitative estimate of drug-likeness (QED) is 0.535. The number of carbonyl (C=O) groups excluding carboxylic acids is 1. The molecule has 5 rings (SSSR count). The Kier molecular flexibility index (Phi) is 4.02. The van der Waals surface area contributed by atoms with Crippen LogP contribution in [0.1, 0.15) is 45.1 Å². The number of aryl methyl sites for hydroxylation is 2. The first-order valence-electron chi connectivity index (χ1n) is 9.71. The standard InChI is InChI=1S/C22H19N5O3/c1-11-4-3-5-13(6-11)14-8-15-16(17(28)9-14)10-23-20-19(15)21(30)27(26-20)22-24-12(2)7-18(29)25-22/h3-7,10,14H,8-9H2,1-2H3,(H,23,26)(H,24,25,29). The average molecular weight is 401 g/mol. The van der Waals surface area contributed by atoms with Gasteiger partial charge in [-0.2, -0.15) is 4.68 Å². The molecule has 0 aliphatic heterocycles. The molecule has 1 aliphatic rings. The molecule has 0 saturated carbocycles. The number of fused-ring (bicyclic) bond motifs is 3. The van der Waals surface area contributed by atoms with Gasteiger partial charge in [-0.1, -0.05) is 29.8 Å². The minimum atomic E-state index is -0.388. The molecule has 0 saturated heterocycles. The second kappa shape index (κ2) is 6.62. The highest BCUT2D eigenvalue weighted by Gasteiger charge is 2.30. The van der Waals surface area contributed by atoms with Crippen LogP contribution in [0.3, 0.4) is 0 Å². The lowest BCUT2D eigenvalue weighted by atomic mass is 9.79. The van der Waals surface area contributed by atoms with Gasteiger partial charge in [0.2, 0.25) is 5.95 Å². The van der Waals surface area contributed by atoms with E-state index in [1.165, 1.54) is 16.9 Å². The van der Waals surface area contributed by atoms with Crippen LogP contribution in [0.25, 0.3) is 17.0 Å². The van der Waals surface area contributed by atoms with Gasteiger partial charge in [0.1, 0.15) is 0 Å². The number of aromatic amines is 2. The van der Waals surface area contributed by atoms with Crippen LogP contribution in [0.4, 0.5) is 0 Å². The van der Waals surface area contributed by atoms with Gasteiger partial charge >= 0.3 is 0 Å². The number of aromatic nitrogens is 5. The molecule has 0 bridgehead atoms. The normalized spacial score (nSPS) is 16.1. The SMILES string of the molecule is Cc1cccc(C2CC(=O)c3cnc4[nH]n(-c5nc(C)cc(=O)[nH]5)c(=O)c4c3C2)c1. The summed E-state index contributed by atoms with van der Waals surface area (Å²) in [5.74, 6) is 0.0654. The summed E-state index contributed by atoms with van der Waals surface area (Å²) in [7, 11) is 0. The van der Waals surface area contributed by atoms with E-state index in [0.717, 1.165) is 11.1 Å². The number of H-pyrrole nitrogens is 2. The van der Waals surface area contributed by atoms with E-state index in [-0.39, 0.29) is 28.8 Å². The Morgan fingerprint density at radius 2 is 1.93 bits per heavy atom. The highest BCUT2D eigenvalue weighted by atomic mass is 16.1. The van der Waals surface area contributed by atoms with Crippen molar-refractivity contribution >= 4 is 16.8 Å². The third kappa shape index (κ3) is 2.88. The van der Waals surface area contributed by atoms with Crippen molar-refractivity contribution in [2.24, 2.45) is 0 Å². The smallest absolute Gasteiger partial charge is 0.283 e. The number of Topliss-reactive ketones (excluding diaryl/α,β-unsaturated/α-hetero) is 1. The lowest BCUT2D eigenvalue weighted by molar-refractivity contribution is 0.0964. The average Bonchev–Trinajstić information content (AvgIpc) is 3.04. The molecule has 8 heteroatoms. The van der Waals surface area contributed by atoms with Crippen LogP contribution in [-0.4, -0.2) is 30.5 Å². The molecule has 2 N–H and O–H groups in total. The Balaban J connectivity index is 1.69. The fourth-order valence-corrected chi connectivity index (χ4v) is 4.22. The van der Waals surface area contributed by atoms with Crippen LogP contribution in [0.2, 0.25) is 0 Å². The molecule has 0 amide bonds. The first-order chi connectivity index (χ1) is 14.4. The number of hydrogen-bond donors (Lipinski definition) is 2. The maximum Gasteiger partial charge on any atom is 0.283 e. The topological polar surface area (TPSA) is 114 Å². The zero-order valence-electron chi connectivity index (χ0n) is 16.5. The van der Waals surface area contributed by atoms with Crippen LogP contribution >= 0.6 is 0 Å². The molecular formula is C22H19N5O3. The summed E-state index contributed by atoms with van der Waals surface area (Å²) in [5.41, 5.74) is 3.50. The monoisotopic (exact) mass is 401 g/mol. The predicted octanol–water partition coefficient (Wildman–Crippen LogP) is 2.33. The third-order valence-electron chi connectivity index (χ3n) is 5.59. The first-order valence-corrected chi connectivity index (χ1v) is 9.71. The van der Waals surface area contributed by atoms with E-state index in [2.05, 4.69) is 26.1 Å². The number of carbonyl (C=O) groups is 1. The zero-order chi connectivity index (χ0) is 21.0. The van der Waals surface area contributed by atoms with Gasteiger partial charge in [0.15, 0.2) is 11.4 Å². The van der Waals surface area contributed by atoms with Crippen molar-refractivity contribution in [3.63, 3.8) is 0 Å². The molecule has 1 atom stereocenters. The minimum Gasteiger partial charge on any atom is -0.294 e. The molecule has 1 aliphatic carbocycles. The van der Waals surface area contributed by atoms with Gasteiger partial charge in [0.25, 0.3) is 11.1 Å². The van der Waals surface area contributed by atoms with E-state index in [4.69, 9.17) is 0 Å². The second-order valence-electron chi connectivity index (χ2n) is 7.78. The van der Waals surface area contributed by atoms with Gasteiger partial charge in [0.05, 0.1) is 5.39 Å². The number of pyridine rings is 1. The van der Waals surface area contributed by atoms with Crippen LogP contribution in [0.15, 0.2) is 46.1 Å². The fraction of sp³-hybridized carbons (Fsp3) is 0.227. The summed E-state index contributed by atoms with van der Waals surface area (Å²) in [6.07, 6.45) is 2.47. The predicted molar refractivity (Wildman–Crippen MR) is 111 cm³/mol. The van der Waals surface area contributed by atoms with E-state index < -0.39 is 0 Å². The number of nitrogens with one attached hydrogen (secondary N) is 2. The molecule has 3 aromatic heterocycles. The number of nitrogens with zero attached hydrogens (tertiary/aromatic N) is 3. The molecule has 3 heterocycles. The van der Waals surface area contributed by atoms with Crippen molar-refractivity contribution in [3.8, 4) is 5.95 Å². The van der Waals surface area contributed by atoms with Crippen molar-refractivity contribution < 1.29 is 4.79 Å². The third-order valence-corrected chi connectivity index (χ3v) is 5.59. The largest absolute Gasteiger partial charge is 0.294 e. The molecule has 30 heavy (non-hydrogen) atoms. The Morgan fingerprint density at radius 1 is 1.10 bits per heavy atom. The van der Waals surface area contributed by atoms with Gasteiger partial charge in [-0.25, -0.2) is 9.97 Å². The molecule has 150 valence electrons. The number of rotatable bonds is 2. The Hall–Kier alpha value is -3.81. The molecule has 0 spiro atoms. The van der Waals surface area contributed by atoms with Crippen molar-refractivity contribution in [3.05, 3.63) is 85.2 Å². The van der Waals surface area contributed by atoms with Crippen molar-refractivity contribution in [1.82, 2.24) is 24.7 Å². The highest BCUT2D eigenvalue weighted by Crippen LogP contribution is 2.35. The van der Waals surface area contributed by atoms with Crippen LogP contribution in [0.5, 0.6) is 0 Å². The maximum absolute atomic E-state index is 13.2. The maximum atomic E-state index is 13.2. The Morgan fingerprint density at radius 3 is 2.70 bits per heavy atom. The van der Waals surface area contributed by atoms with E-state index in [1.54, 1.807) is 6.92 Å². The summed E-state index contributed by atoms with van der Waals surface area (Å²) in [4.78, 5) is 49.0. The van der Waals surface area contributed by atoms with Crippen LogP contribution < -0.4 is 11.1 Å². The summed E-state index contributed by atoms with van der Waals surface area (Å²) in [5, 5.41) is 3.28. The van der Waals surface area contributed by atoms with E-state index in [9.17, 15) is 14.4 Å². The first kappa shape index (κ1) is 18.2. The van der Waals surface area contributed by atoms with Gasteiger partial charge in [-0.3, -0.25) is 24.5 Å². The van der Waals surface area contributed by atoms with E-state index >= 15 is 0 Å². The van der Waals surface area contributed by atoms with Crippen LogP contribution in [-0.2, 0) is 6.42 Å². The number of hydrogen-bond acceptors (Lipinski definition) is 5. The molecule has 0 fully saturated rings. The van der Waals surface area contributed by atoms with E-state index in [0.29, 0.717) is 40.7 Å². The van der Waals surface area contributed by atoms with Crippen molar-refractivity contribution in [2.45, 2.75) is 32.6 Å². The fourth-order valence-electron chi connectivity index (χ4n) is 4.22. The van der Waals surface area contributed by atoms with Gasteiger partial charge < -0.3 is 0 Å². The molecule has 4 aromatic rings. The van der Waals surface area contributed by atoms with Crippen molar-refractivity contribution in [2.75, 3.05) is 0 Å². The lowest BCUT2D eigenvalue weighted by Crippen LogP contribution is -2.24. The van der Waals surface area contributed by atoms with Gasteiger partial charge in [-0.05, 0) is 37.3 Å². The Labute approximate surface area is 170 Å². The molecule has 0 radical (unpaired) electrons. The van der Waals surface area contributed by atoms with Gasteiger partial charge in [-0.15, -0.1) is 0 Å². The number of benzene rings is 1. The second-order valence-corrected chi connectivity index (χ2v) is 7.78. The molecule has 1 unspecified atom stereocenters. The summed E-state index contributed by atoms with van der Waals surface area (Å²) in [6, 6.07) is 9.45. The van der Waals surface area contributed by atoms with E-state index in [1.807, 2.05) is 25.1 Å². The summed E-state index contributed by atoms with van der Waals surface area (Å²) in [6.45, 7) is 3.70.